The number of carbonyl (C=O) groups excluding carboxylic acids is 1. The minimum atomic E-state index is -3.50. The van der Waals surface area contributed by atoms with Crippen LogP contribution in [0.2, 0.25) is 0 Å². The van der Waals surface area contributed by atoms with Crippen molar-refractivity contribution in [3.63, 3.8) is 0 Å². The monoisotopic (exact) mass is 447 g/mol. The Morgan fingerprint density at radius 1 is 1.13 bits per heavy atom. The van der Waals surface area contributed by atoms with Gasteiger partial charge in [0.1, 0.15) is 5.82 Å². The van der Waals surface area contributed by atoms with Crippen molar-refractivity contribution in [2.75, 3.05) is 40.3 Å². The minimum absolute atomic E-state index is 0.175. The van der Waals surface area contributed by atoms with Gasteiger partial charge in [-0.15, -0.1) is 0 Å². The van der Waals surface area contributed by atoms with E-state index >= 15 is 0 Å². The van der Waals surface area contributed by atoms with Crippen LogP contribution in [0.4, 0.5) is 0 Å². The number of carbonyl (C=O) groups is 1. The summed E-state index contributed by atoms with van der Waals surface area (Å²) in [6.45, 7) is 3.57. The molecule has 0 atom stereocenters. The largest absolute Gasteiger partial charge is 0.340 e. The van der Waals surface area contributed by atoms with Crippen LogP contribution in [0, 0.1) is 0 Å². The molecule has 0 unspecified atom stereocenters. The lowest BCUT2D eigenvalue weighted by Gasteiger charge is -2.38. The van der Waals surface area contributed by atoms with E-state index in [4.69, 9.17) is 0 Å². The molecule has 1 aliphatic carbocycles. The Kier molecular flexibility index (Phi) is 6.37. The summed E-state index contributed by atoms with van der Waals surface area (Å²) in [5.41, 5.74) is 1.50. The first-order valence-corrected chi connectivity index (χ1v) is 12.6. The van der Waals surface area contributed by atoms with Crippen molar-refractivity contribution in [1.82, 2.24) is 23.7 Å². The molecule has 2 aliphatic rings. The summed E-state index contributed by atoms with van der Waals surface area (Å²) in [6.07, 6.45) is 6.25. The second-order valence-corrected chi connectivity index (χ2v) is 11.0. The highest BCUT2D eigenvalue weighted by atomic mass is 32.2. The van der Waals surface area contributed by atoms with Crippen LogP contribution in [0.1, 0.15) is 37.9 Å². The fourth-order valence-corrected chi connectivity index (χ4v) is 5.73. The van der Waals surface area contributed by atoms with Crippen molar-refractivity contribution in [3.8, 4) is 0 Å². The summed E-state index contributed by atoms with van der Waals surface area (Å²) in [4.78, 5) is 22.2. The molecule has 31 heavy (non-hydrogen) atoms. The van der Waals surface area contributed by atoms with Crippen molar-refractivity contribution in [2.24, 2.45) is 7.05 Å². The summed E-state index contributed by atoms with van der Waals surface area (Å²) >= 11 is 0. The van der Waals surface area contributed by atoms with Gasteiger partial charge in [-0.05, 0) is 31.0 Å². The lowest BCUT2D eigenvalue weighted by atomic mass is 10.1. The fourth-order valence-electron chi connectivity index (χ4n) is 4.81. The van der Waals surface area contributed by atoms with Gasteiger partial charge in [-0.3, -0.25) is 9.69 Å². The lowest BCUT2D eigenvalue weighted by molar-refractivity contribution is -0.133. The second kappa shape index (κ2) is 8.88. The molecular weight excluding hydrogens is 414 g/mol. The zero-order valence-electron chi connectivity index (χ0n) is 18.7. The van der Waals surface area contributed by atoms with E-state index in [0.717, 1.165) is 43.6 Å². The number of aryl methyl sites for hydroxylation is 2. The number of imidazole rings is 1. The highest BCUT2D eigenvalue weighted by Gasteiger charge is 2.28. The third-order valence-corrected chi connectivity index (χ3v) is 8.61. The molecule has 1 aromatic heterocycles. The number of nitrogens with zero attached hydrogens (tertiary/aromatic N) is 5. The summed E-state index contributed by atoms with van der Waals surface area (Å²) < 4.78 is 28.0. The van der Waals surface area contributed by atoms with Crippen LogP contribution in [-0.4, -0.2) is 84.3 Å². The SMILES string of the molecule is CN(C)S(=O)(=O)c1ccc2c(c1)nc(CCC(=O)N1CCN(C3CCCC3)CC1)n2C. The number of hydrogen-bond donors (Lipinski definition) is 0. The topological polar surface area (TPSA) is 78.8 Å². The van der Waals surface area contributed by atoms with Gasteiger partial charge in [0.25, 0.3) is 0 Å². The highest BCUT2D eigenvalue weighted by Crippen LogP contribution is 2.25. The van der Waals surface area contributed by atoms with Gasteiger partial charge in [-0.1, -0.05) is 12.8 Å². The van der Waals surface area contributed by atoms with E-state index in [1.54, 1.807) is 18.2 Å². The molecule has 0 radical (unpaired) electrons. The van der Waals surface area contributed by atoms with E-state index in [9.17, 15) is 13.2 Å². The predicted molar refractivity (Wildman–Crippen MR) is 120 cm³/mol. The van der Waals surface area contributed by atoms with Crippen LogP contribution in [0.15, 0.2) is 23.1 Å². The maximum absolute atomic E-state index is 12.8. The molecule has 9 heteroatoms. The summed E-state index contributed by atoms with van der Waals surface area (Å²) in [7, 11) is 1.44. The van der Waals surface area contributed by atoms with Gasteiger partial charge >= 0.3 is 0 Å². The first kappa shape index (κ1) is 22.2. The van der Waals surface area contributed by atoms with Gasteiger partial charge in [0, 0.05) is 66.2 Å². The Morgan fingerprint density at radius 3 is 2.45 bits per heavy atom. The number of amides is 1. The molecule has 1 saturated carbocycles. The van der Waals surface area contributed by atoms with Gasteiger partial charge < -0.3 is 9.47 Å². The van der Waals surface area contributed by atoms with E-state index < -0.39 is 10.0 Å². The van der Waals surface area contributed by atoms with Crippen LogP contribution in [0.3, 0.4) is 0 Å². The van der Waals surface area contributed by atoms with Crippen molar-refractivity contribution in [1.29, 1.82) is 0 Å². The lowest BCUT2D eigenvalue weighted by Crippen LogP contribution is -2.51. The van der Waals surface area contributed by atoms with Crippen LogP contribution >= 0.6 is 0 Å². The molecule has 0 bridgehead atoms. The van der Waals surface area contributed by atoms with Gasteiger partial charge in [-0.25, -0.2) is 17.7 Å². The quantitative estimate of drug-likeness (QED) is 0.675. The van der Waals surface area contributed by atoms with E-state index in [2.05, 4.69) is 9.88 Å². The van der Waals surface area contributed by atoms with Crippen molar-refractivity contribution >= 4 is 27.0 Å². The molecule has 1 amide bonds. The average Bonchev–Trinajstić information content (AvgIpc) is 3.40. The zero-order valence-corrected chi connectivity index (χ0v) is 19.6. The van der Waals surface area contributed by atoms with Crippen LogP contribution < -0.4 is 0 Å². The molecule has 1 aliphatic heterocycles. The molecule has 4 rings (SSSR count). The van der Waals surface area contributed by atoms with Crippen LogP contribution in [0.5, 0.6) is 0 Å². The number of piperazine rings is 1. The van der Waals surface area contributed by atoms with Crippen LogP contribution in [-0.2, 0) is 28.3 Å². The molecule has 170 valence electrons. The first-order chi connectivity index (χ1) is 14.8. The minimum Gasteiger partial charge on any atom is -0.340 e. The van der Waals surface area contributed by atoms with E-state index in [1.165, 1.54) is 44.1 Å². The smallest absolute Gasteiger partial charge is 0.242 e. The van der Waals surface area contributed by atoms with E-state index in [0.29, 0.717) is 18.4 Å². The Balaban J connectivity index is 1.38. The molecule has 2 aromatic rings. The number of sulfonamides is 1. The summed E-state index contributed by atoms with van der Waals surface area (Å²) in [5.74, 6) is 0.973. The molecule has 2 fully saturated rings. The highest BCUT2D eigenvalue weighted by molar-refractivity contribution is 7.89. The second-order valence-electron chi connectivity index (χ2n) is 8.88. The number of rotatable bonds is 6. The molecule has 1 saturated heterocycles. The number of benzene rings is 1. The number of fused-ring (bicyclic) bond motifs is 1. The van der Waals surface area contributed by atoms with Crippen molar-refractivity contribution < 1.29 is 13.2 Å². The zero-order chi connectivity index (χ0) is 22.2. The third-order valence-electron chi connectivity index (χ3n) is 6.79. The number of hydrogen-bond acceptors (Lipinski definition) is 5. The van der Waals surface area contributed by atoms with Crippen molar-refractivity contribution in [3.05, 3.63) is 24.0 Å². The molecular formula is C22H33N5O3S. The van der Waals surface area contributed by atoms with E-state index in [-0.39, 0.29) is 10.8 Å². The molecule has 8 nitrogen and oxygen atoms in total. The molecule has 2 heterocycles. The summed E-state index contributed by atoms with van der Waals surface area (Å²) in [6, 6.07) is 5.72. The fraction of sp³-hybridized carbons (Fsp3) is 0.636. The van der Waals surface area contributed by atoms with Gasteiger partial charge in [-0.2, -0.15) is 0 Å². The number of aromatic nitrogens is 2. The van der Waals surface area contributed by atoms with Crippen molar-refractivity contribution in [2.45, 2.75) is 49.5 Å². The normalized spacial score (nSPS) is 19.0. The Bertz CT molecular complexity index is 1050. The Hall–Kier alpha value is -1.97. The van der Waals surface area contributed by atoms with E-state index in [1.807, 2.05) is 16.5 Å². The molecule has 1 aromatic carbocycles. The predicted octanol–water partition coefficient (Wildman–Crippen LogP) is 1.84. The Morgan fingerprint density at radius 2 is 1.81 bits per heavy atom. The standard InChI is InChI=1S/C22H33N5O3S/c1-24(2)31(29,30)18-8-9-20-19(16-18)23-21(25(20)3)10-11-22(28)27-14-12-26(13-15-27)17-6-4-5-7-17/h8-9,16-17H,4-7,10-15H2,1-3H3. The molecule has 0 N–H and O–H groups in total. The third kappa shape index (κ3) is 4.49. The van der Waals surface area contributed by atoms with Crippen LogP contribution in [0.25, 0.3) is 11.0 Å². The first-order valence-electron chi connectivity index (χ1n) is 11.2. The van der Waals surface area contributed by atoms with Gasteiger partial charge in [0.2, 0.25) is 15.9 Å². The van der Waals surface area contributed by atoms with Gasteiger partial charge in [0.05, 0.1) is 15.9 Å². The Labute approximate surface area is 184 Å². The average molecular weight is 448 g/mol. The molecule has 0 spiro atoms. The maximum Gasteiger partial charge on any atom is 0.242 e. The summed E-state index contributed by atoms with van der Waals surface area (Å²) in [5, 5.41) is 0. The van der Waals surface area contributed by atoms with Gasteiger partial charge in [0.15, 0.2) is 0 Å². The maximum atomic E-state index is 12.8.